The molecule has 36 heavy (non-hydrogen) atoms. The van der Waals surface area contributed by atoms with Gasteiger partial charge in [-0.3, -0.25) is 4.98 Å². The normalized spacial score (nSPS) is 17.4. The van der Waals surface area contributed by atoms with E-state index < -0.39 is 0 Å². The summed E-state index contributed by atoms with van der Waals surface area (Å²) >= 11 is 0. The average molecular weight is 488 g/mol. The first-order valence-electron chi connectivity index (χ1n) is 12.8. The average Bonchev–Trinajstić information content (AvgIpc) is 3.25. The fourth-order valence-corrected chi connectivity index (χ4v) is 5.34. The van der Waals surface area contributed by atoms with Crippen molar-refractivity contribution in [1.29, 1.82) is 0 Å². The number of aromatic amines is 1. The van der Waals surface area contributed by atoms with Gasteiger partial charge in [0, 0.05) is 46.2 Å². The van der Waals surface area contributed by atoms with Gasteiger partial charge in [-0.05, 0) is 75.7 Å². The molecule has 1 spiro atoms. The quantitative estimate of drug-likeness (QED) is 0.321. The smallest absolute Gasteiger partial charge is 0.163 e. The van der Waals surface area contributed by atoms with E-state index in [-0.39, 0.29) is 0 Å². The summed E-state index contributed by atoms with van der Waals surface area (Å²) in [5, 5.41) is 2.01. The number of likely N-dealkylation sites (tertiary alicyclic amines) is 1. The Balaban J connectivity index is 1.12. The van der Waals surface area contributed by atoms with E-state index in [1.165, 1.54) is 12.8 Å². The molecule has 0 unspecified atom stereocenters. The largest absolute Gasteiger partial charge is 0.493 e. The summed E-state index contributed by atoms with van der Waals surface area (Å²) in [6, 6.07) is 14.0. The van der Waals surface area contributed by atoms with Crippen LogP contribution in [0.1, 0.15) is 25.0 Å². The van der Waals surface area contributed by atoms with E-state index in [9.17, 15) is 0 Å². The zero-order valence-corrected chi connectivity index (χ0v) is 21.0. The third kappa shape index (κ3) is 4.61. The number of hydrogen-bond donors (Lipinski definition) is 1. The van der Waals surface area contributed by atoms with Crippen molar-refractivity contribution in [2.24, 2.45) is 5.41 Å². The second-order valence-electron chi connectivity index (χ2n) is 10.2. The molecule has 0 saturated carbocycles. The zero-order chi connectivity index (χ0) is 24.5. The highest BCUT2D eigenvalue weighted by molar-refractivity contribution is 5.88. The predicted octanol–water partition coefficient (Wildman–Crippen LogP) is 5.71. The highest BCUT2D eigenvalue weighted by atomic mass is 16.5. The lowest BCUT2D eigenvalue weighted by Crippen LogP contribution is -2.51. The summed E-state index contributed by atoms with van der Waals surface area (Å²) in [6.45, 7) is 7.96. The van der Waals surface area contributed by atoms with Gasteiger partial charge in [0.2, 0.25) is 0 Å². The molecule has 0 radical (unpaired) electrons. The SMILES string of the molecule is COc1cc2c(Oc3ccc4[nH]c(C)cc4c3)ccnc2cc1OCCCN1CCC2(CC1)COC2. The third-order valence-electron chi connectivity index (χ3n) is 7.55. The van der Waals surface area contributed by atoms with Crippen molar-refractivity contribution < 1.29 is 18.9 Å². The van der Waals surface area contributed by atoms with Gasteiger partial charge in [-0.25, -0.2) is 0 Å². The molecular formula is C29H33N3O4. The molecule has 2 fully saturated rings. The molecule has 0 aliphatic carbocycles. The van der Waals surface area contributed by atoms with Gasteiger partial charge in [0.15, 0.2) is 11.5 Å². The zero-order valence-electron chi connectivity index (χ0n) is 21.0. The van der Waals surface area contributed by atoms with Gasteiger partial charge >= 0.3 is 0 Å². The van der Waals surface area contributed by atoms with Crippen LogP contribution in [0.25, 0.3) is 21.8 Å². The molecule has 2 aromatic heterocycles. The lowest BCUT2D eigenvalue weighted by molar-refractivity contribution is -0.139. The van der Waals surface area contributed by atoms with Gasteiger partial charge in [-0.2, -0.15) is 0 Å². The van der Waals surface area contributed by atoms with Gasteiger partial charge in [-0.15, -0.1) is 0 Å². The van der Waals surface area contributed by atoms with Crippen molar-refractivity contribution in [3.05, 3.63) is 54.4 Å². The monoisotopic (exact) mass is 487 g/mol. The summed E-state index contributed by atoms with van der Waals surface area (Å²) in [7, 11) is 1.67. The summed E-state index contributed by atoms with van der Waals surface area (Å²) < 4.78 is 23.5. The number of H-pyrrole nitrogens is 1. The minimum absolute atomic E-state index is 0.481. The van der Waals surface area contributed by atoms with E-state index in [2.05, 4.69) is 27.9 Å². The number of aromatic nitrogens is 2. The van der Waals surface area contributed by atoms with E-state index in [1.54, 1.807) is 13.3 Å². The number of nitrogens with zero attached hydrogens (tertiary/aromatic N) is 2. The standard InChI is InChI=1S/C29H33N3O4/c1-20-14-21-15-22(4-5-24(21)31-20)36-26-6-9-30-25-17-28(27(33-2)16-23(25)26)35-13-3-10-32-11-7-29(8-12-32)18-34-19-29/h4-6,9,14-17,31H,3,7-8,10-13,18-19H2,1-2H3. The Labute approximate surface area is 211 Å². The Morgan fingerprint density at radius 1 is 1.03 bits per heavy atom. The summed E-state index contributed by atoms with van der Waals surface area (Å²) in [5.74, 6) is 2.91. The van der Waals surface area contributed by atoms with E-state index in [4.69, 9.17) is 18.9 Å². The van der Waals surface area contributed by atoms with Crippen LogP contribution in [0.4, 0.5) is 0 Å². The molecule has 0 amide bonds. The van der Waals surface area contributed by atoms with Gasteiger partial charge in [0.05, 0.1) is 32.4 Å². The van der Waals surface area contributed by atoms with Gasteiger partial charge < -0.3 is 28.8 Å². The van der Waals surface area contributed by atoms with E-state index in [0.717, 1.165) is 78.3 Å². The first-order valence-corrected chi connectivity index (χ1v) is 12.8. The number of methoxy groups -OCH3 is 1. The van der Waals surface area contributed by atoms with E-state index in [1.807, 2.05) is 36.4 Å². The molecule has 1 N–H and O–H groups in total. The number of benzene rings is 2. The van der Waals surface area contributed by atoms with Crippen LogP contribution in [0.2, 0.25) is 0 Å². The van der Waals surface area contributed by atoms with Crippen LogP contribution in [0.15, 0.2) is 48.7 Å². The first kappa shape index (κ1) is 23.1. The molecular weight excluding hydrogens is 454 g/mol. The van der Waals surface area contributed by atoms with Crippen LogP contribution in [0.5, 0.6) is 23.0 Å². The summed E-state index contributed by atoms with van der Waals surface area (Å²) in [6.07, 6.45) is 5.24. The minimum Gasteiger partial charge on any atom is -0.493 e. The Hall–Kier alpha value is -3.29. The number of nitrogens with one attached hydrogen (secondary N) is 1. The van der Waals surface area contributed by atoms with Crippen molar-refractivity contribution in [2.75, 3.05) is 46.6 Å². The van der Waals surface area contributed by atoms with Gasteiger partial charge in [0.25, 0.3) is 0 Å². The van der Waals surface area contributed by atoms with Crippen LogP contribution in [-0.2, 0) is 4.74 Å². The number of rotatable bonds is 8. The number of piperidine rings is 1. The molecule has 0 bridgehead atoms. The van der Waals surface area contributed by atoms with Crippen LogP contribution in [0, 0.1) is 12.3 Å². The topological polar surface area (TPSA) is 68.8 Å². The molecule has 2 saturated heterocycles. The molecule has 2 aliphatic rings. The Kier molecular flexibility index (Phi) is 6.19. The maximum Gasteiger partial charge on any atom is 0.163 e. The highest BCUT2D eigenvalue weighted by Crippen LogP contribution is 2.39. The van der Waals surface area contributed by atoms with Gasteiger partial charge in [0.1, 0.15) is 11.5 Å². The Bertz CT molecular complexity index is 1370. The van der Waals surface area contributed by atoms with Crippen LogP contribution >= 0.6 is 0 Å². The molecule has 4 heterocycles. The summed E-state index contributed by atoms with van der Waals surface area (Å²) in [4.78, 5) is 10.5. The maximum atomic E-state index is 6.28. The Morgan fingerprint density at radius 2 is 1.89 bits per heavy atom. The van der Waals surface area contributed by atoms with Crippen molar-refractivity contribution in [1.82, 2.24) is 14.9 Å². The number of pyridine rings is 1. The van der Waals surface area contributed by atoms with Crippen LogP contribution < -0.4 is 14.2 Å². The molecule has 0 atom stereocenters. The lowest BCUT2D eigenvalue weighted by atomic mass is 9.77. The minimum atomic E-state index is 0.481. The van der Waals surface area contributed by atoms with E-state index >= 15 is 0 Å². The van der Waals surface area contributed by atoms with Crippen LogP contribution in [-0.4, -0.2) is 61.4 Å². The van der Waals surface area contributed by atoms with E-state index in [0.29, 0.717) is 23.5 Å². The van der Waals surface area contributed by atoms with Crippen molar-refractivity contribution in [3.63, 3.8) is 0 Å². The molecule has 7 heteroatoms. The fraction of sp³-hybridized carbons (Fsp3) is 0.414. The van der Waals surface area contributed by atoms with Gasteiger partial charge in [-0.1, -0.05) is 0 Å². The number of fused-ring (bicyclic) bond motifs is 2. The van der Waals surface area contributed by atoms with Crippen LogP contribution in [0.3, 0.4) is 0 Å². The molecule has 2 aliphatic heterocycles. The molecule has 4 aromatic rings. The predicted molar refractivity (Wildman–Crippen MR) is 140 cm³/mol. The Morgan fingerprint density at radius 3 is 2.67 bits per heavy atom. The molecule has 2 aromatic carbocycles. The molecule has 188 valence electrons. The van der Waals surface area contributed by atoms with Crippen molar-refractivity contribution in [2.45, 2.75) is 26.2 Å². The van der Waals surface area contributed by atoms with Crippen molar-refractivity contribution in [3.8, 4) is 23.0 Å². The second-order valence-corrected chi connectivity index (χ2v) is 10.2. The fourth-order valence-electron chi connectivity index (χ4n) is 5.34. The molecule has 7 nitrogen and oxygen atoms in total. The number of aryl methyl sites for hydroxylation is 1. The maximum absolute atomic E-state index is 6.28. The highest BCUT2D eigenvalue weighted by Gasteiger charge is 2.40. The van der Waals surface area contributed by atoms with Crippen molar-refractivity contribution >= 4 is 21.8 Å². The summed E-state index contributed by atoms with van der Waals surface area (Å²) in [5.41, 5.74) is 3.52. The first-order chi connectivity index (χ1) is 17.6. The number of hydrogen-bond acceptors (Lipinski definition) is 6. The number of ether oxygens (including phenoxy) is 4. The second kappa shape index (κ2) is 9.64. The third-order valence-corrected chi connectivity index (χ3v) is 7.55. The lowest BCUT2D eigenvalue weighted by Gasteiger charge is -2.47. The molecule has 6 rings (SSSR count).